The van der Waals surface area contributed by atoms with E-state index in [0.717, 1.165) is 6.42 Å². The van der Waals surface area contributed by atoms with Crippen LogP contribution in [0.2, 0.25) is 0 Å². The third kappa shape index (κ3) is 4.72. The molecule has 0 rings (SSSR count). The highest BCUT2D eigenvalue weighted by atomic mass is 32.2. The Morgan fingerprint density at radius 1 is 1.50 bits per heavy atom. The highest BCUT2D eigenvalue weighted by Crippen LogP contribution is 2.05. The molecular formula is C9H18O4S. The summed E-state index contributed by atoms with van der Waals surface area (Å²) in [5, 5.41) is 8.00. The second-order valence-electron chi connectivity index (χ2n) is 2.87. The van der Waals surface area contributed by atoms with Crippen LogP contribution in [0, 0.1) is 0 Å². The minimum atomic E-state index is -1.32. The van der Waals surface area contributed by atoms with E-state index in [1.165, 1.54) is 0 Å². The number of hydrogen-bond donors (Lipinski definition) is 1. The van der Waals surface area contributed by atoms with Gasteiger partial charge in [0.05, 0.1) is 13.2 Å². The monoisotopic (exact) mass is 222 g/mol. The first-order chi connectivity index (χ1) is 6.67. The molecule has 0 aromatic heterocycles. The van der Waals surface area contributed by atoms with Crippen LogP contribution in [0.25, 0.3) is 0 Å². The van der Waals surface area contributed by atoms with E-state index in [1.807, 2.05) is 6.92 Å². The molecule has 84 valence electrons. The molecule has 5 heteroatoms. The second-order valence-corrected chi connectivity index (χ2v) is 4.61. The number of hydrogen-bond acceptors (Lipinski definition) is 4. The predicted octanol–water partition coefficient (Wildman–Crippen LogP) is 0.459. The first-order valence-corrected chi connectivity index (χ1v) is 6.20. The quantitative estimate of drug-likeness (QED) is 0.636. The van der Waals surface area contributed by atoms with Crippen LogP contribution < -0.4 is 0 Å². The van der Waals surface area contributed by atoms with Gasteiger partial charge in [0, 0.05) is 16.6 Å². The van der Waals surface area contributed by atoms with Gasteiger partial charge in [0.25, 0.3) is 0 Å². The summed E-state index contributed by atoms with van der Waals surface area (Å²) in [5.74, 6) is -0.277. The molecule has 0 amide bonds. The van der Waals surface area contributed by atoms with E-state index in [0.29, 0.717) is 13.0 Å². The van der Waals surface area contributed by atoms with Crippen molar-refractivity contribution in [3.63, 3.8) is 0 Å². The first-order valence-electron chi connectivity index (χ1n) is 4.82. The maximum absolute atomic E-state index is 11.4. The van der Waals surface area contributed by atoms with Crippen molar-refractivity contribution in [2.75, 3.05) is 19.0 Å². The second kappa shape index (κ2) is 7.94. The molecule has 0 bridgehead atoms. The van der Waals surface area contributed by atoms with E-state index in [2.05, 4.69) is 0 Å². The molecule has 14 heavy (non-hydrogen) atoms. The van der Waals surface area contributed by atoms with Gasteiger partial charge in [0.15, 0.2) is 0 Å². The maximum Gasteiger partial charge on any atom is 0.321 e. The zero-order valence-corrected chi connectivity index (χ0v) is 9.51. The van der Waals surface area contributed by atoms with Gasteiger partial charge < -0.3 is 9.84 Å². The number of ether oxygens (including phenoxy) is 1. The van der Waals surface area contributed by atoms with Crippen LogP contribution in [0.1, 0.15) is 26.7 Å². The van der Waals surface area contributed by atoms with Gasteiger partial charge >= 0.3 is 5.97 Å². The van der Waals surface area contributed by atoms with Gasteiger partial charge in [0.1, 0.15) is 5.25 Å². The van der Waals surface area contributed by atoms with Crippen molar-refractivity contribution in [3.05, 3.63) is 0 Å². The van der Waals surface area contributed by atoms with Crippen molar-refractivity contribution in [1.29, 1.82) is 0 Å². The van der Waals surface area contributed by atoms with Crippen molar-refractivity contribution in [2.24, 2.45) is 0 Å². The Balaban J connectivity index is 4.10. The molecule has 0 aliphatic carbocycles. The molecule has 0 aromatic carbocycles. The Hall–Kier alpha value is -0.420. The molecule has 2 atom stereocenters. The number of rotatable bonds is 7. The molecule has 0 aliphatic heterocycles. The molecule has 0 aromatic rings. The summed E-state index contributed by atoms with van der Waals surface area (Å²) in [6.45, 7) is 3.89. The summed E-state index contributed by atoms with van der Waals surface area (Å²) in [6, 6.07) is 0. The van der Waals surface area contributed by atoms with Gasteiger partial charge in [-0.25, -0.2) is 0 Å². The number of aliphatic hydroxyl groups is 1. The standard InChI is InChI=1S/C9H18O4S/c1-3-6-13-9(11)8(4-2)14(12)7-5-10/h8,10H,3-7H2,1-2H3. The van der Waals surface area contributed by atoms with Crippen LogP contribution in [0.5, 0.6) is 0 Å². The third-order valence-corrected chi connectivity index (χ3v) is 3.44. The molecular weight excluding hydrogens is 204 g/mol. The predicted molar refractivity (Wildman–Crippen MR) is 55.4 cm³/mol. The van der Waals surface area contributed by atoms with Crippen LogP contribution in [0.4, 0.5) is 0 Å². The summed E-state index contributed by atoms with van der Waals surface area (Å²) in [5.41, 5.74) is 0. The van der Waals surface area contributed by atoms with Crippen LogP contribution in [0.15, 0.2) is 0 Å². The van der Waals surface area contributed by atoms with Crippen molar-refractivity contribution in [1.82, 2.24) is 0 Å². The number of esters is 1. The van der Waals surface area contributed by atoms with Crippen molar-refractivity contribution in [2.45, 2.75) is 31.9 Å². The van der Waals surface area contributed by atoms with E-state index in [4.69, 9.17) is 9.84 Å². The summed E-state index contributed by atoms with van der Waals surface area (Å²) < 4.78 is 16.3. The minimum absolute atomic E-state index is 0.139. The lowest BCUT2D eigenvalue weighted by Crippen LogP contribution is -2.29. The fourth-order valence-electron chi connectivity index (χ4n) is 0.988. The topological polar surface area (TPSA) is 63.6 Å². The molecule has 1 N–H and O–H groups in total. The van der Waals surface area contributed by atoms with Gasteiger partial charge in [-0.15, -0.1) is 0 Å². The van der Waals surface area contributed by atoms with Crippen LogP contribution in [0.3, 0.4) is 0 Å². The average molecular weight is 222 g/mol. The van der Waals surface area contributed by atoms with E-state index in [-0.39, 0.29) is 12.4 Å². The van der Waals surface area contributed by atoms with E-state index in [9.17, 15) is 9.00 Å². The van der Waals surface area contributed by atoms with Crippen LogP contribution in [-0.2, 0) is 20.3 Å². The molecule has 0 radical (unpaired) electrons. The summed E-state index contributed by atoms with van der Waals surface area (Å²) in [7, 11) is -1.32. The lowest BCUT2D eigenvalue weighted by Gasteiger charge is -2.12. The Bertz CT molecular complexity index is 193. The van der Waals surface area contributed by atoms with E-state index >= 15 is 0 Å². The molecule has 0 fully saturated rings. The highest BCUT2D eigenvalue weighted by molar-refractivity contribution is 7.86. The van der Waals surface area contributed by atoms with Gasteiger partial charge in [-0.3, -0.25) is 9.00 Å². The Morgan fingerprint density at radius 3 is 2.57 bits per heavy atom. The van der Waals surface area contributed by atoms with Crippen LogP contribution in [-0.4, -0.2) is 39.5 Å². The van der Waals surface area contributed by atoms with Crippen LogP contribution >= 0.6 is 0 Å². The molecule has 2 unspecified atom stereocenters. The summed E-state index contributed by atoms with van der Waals surface area (Å²) in [6.07, 6.45) is 1.24. The zero-order chi connectivity index (χ0) is 11.0. The van der Waals surface area contributed by atoms with E-state index < -0.39 is 22.0 Å². The largest absolute Gasteiger partial charge is 0.465 e. The fraction of sp³-hybridized carbons (Fsp3) is 0.889. The molecule has 0 saturated carbocycles. The normalized spacial score (nSPS) is 14.8. The number of aliphatic hydroxyl groups excluding tert-OH is 1. The van der Waals surface area contributed by atoms with E-state index in [1.54, 1.807) is 6.92 Å². The Labute approximate surface area is 87.1 Å². The minimum Gasteiger partial charge on any atom is -0.465 e. The Morgan fingerprint density at radius 2 is 2.14 bits per heavy atom. The molecule has 0 saturated heterocycles. The van der Waals surface area contributed by atoms with Crippen molar-refractivity contribution in [3.8, 4) is 0 Å². The fourth-order valence-corrected chi connectivity index (χ4v) is 2.11. The lowest BCUT2D eigenvalue weighted by molar-refractivity contribution is -0.143. The smallest absolute Gasteiger partial charge is 0.321 e. The zero-order valence-electron chi connectivity index (χ0n) is 8.69. The highest BCUT2D eigenvalue weighted by Gasteiger charge is 2.23. The molecule has 4 nitrogen and oxygen atoms in total. The lowest BCUT2D eigenvalue weighted by atomic mass is 10.3. The van der Waals surface area contributed by atoms with Crippen molar-refractivity contribution < 1.29 is 18.8 Å². The van der Waals surface area contributed by atoms with Gasteiger partial charge in [0.2, 0.25) is 0 Å². The van der Waals surface area contributed by atoms with Crippen molar-refractivity contribution >= 4 is 16.8 Å². The first kappa shape index (κ1) is 13.6. The number of carbonyl (C=O) groups excluding carboxylic acids is 1. The SMILES string of the molecule is CCCOC(=O)C(CC)S(=O)CCO. The van der Waals surface area contributed by atoms with Gasteiger partial charge in [-0.1, -0.05) is 13.8 Å². The van der Waals surface area contributed by atoms with Gasteiger partial charge in [-0.2, -0.15) is 0 Å². The Kier molecular flexibility index (Phi) is 7.70. The average Bonchev–Trinajstić information content (AvgIpc) is 2.16. The summed E-state index contributed by atoms with van der Waals surface area (Å²) >= 11 is 0. The third-order valence-electron chi connectivity index (χ3n) is 1.69. The summed E-state index contributed by atoms with van der Waals surface area (Å²) in [4.78, 5) is 11.4. The molecule has 0 spiro atoms. The molecule has 0 heterocycles. The maximum atomic E-state index is 11.4. The molecule has 0 aliphatic rings. The number of carbonyl (C=O) groups is 1. The van der Waals surface area contributed by atoms with Gasteiger partial charge in [-0.05, 0) is 12.8 Å².